The van der Waals surface area contributed by atoms with Crippen molar-refractivity contribution >= 4 is 22.5 Å². The van der Waals surface area contributed by atoms with Gasteiger partial charge in [-0.1, -0.05) is 42.8 Å². The standard InChI is InChI=1S/C26H26N4O/c31-26(28-23-10-12-25-21(16-23)17-27-29-25)20-9-11-24(19-7-3-1-4-8-19)22(15-20)18-30-13-5-2-6-14-30/h1,3-4,7-12,15-17H,2,5-6,13-14,18H2,(H,27,29)(H,28,31). The molecule has 1 aliphatic heterocycles. The molecular formula is C26H26N4O. The van der Waals surface area contributed by atoms with E-state index < -0.39 is 0 Å². The van der Waals surface area contributed by atoms with Gasteiger partial charge in [0.15, 0.2) is 0 Å². The summed E-state index contributed by atoms with van der Waals surface area (Å²) in [4.78, 5) is 15.5. The number of H-pyrrole nitrogens is 1. The summed E-state index contributed by atoms with van der Waals surface area (Å²) in [6, 6.07) is 22.3. The number of hydrogen-bond donors (Lipinski definition) is 2. The van der Waals surface area contributed by atoms with Crippen LogP contribution in [-0.4, -0.2) is 34.1 Å². The number of fused-ring (bicyclic) bond motifs is 1. The first-order valence-electron chi connectivity index (χ1n) is 10.9. The molecule has 3 aromatic carbocycles. The number of anilines is 1. The summed E-state index contributed by atoms with van der Waals surface area (Å²) in [6.07, 6.45) is 5.57. The molecule has 2 heterocycles. The topological polar surface area (TPSA) is 61.0 Å². The molecule has 0 unspecified atom stereocenters. The van der Waals surface area contributed by atoms with E-state index in [-0.39, 0.29) is 5.91 Å². The Morgan fingerprint density at radius 3 is 2.65 bits per heavy atom. The van der Waals surface area contributed by atoms with Crippen LogP contribution < -0.4 is 5.32 Å². The maximum atomic E-state index is 13.0. The number of piperidine rings is 1. The zero-order chi connectivity index (χ0) is 21.0. The fourth-order valence-corrected chi connectivity index (χ4v) is 4.35. The Morgan fingerprint density at radius 1 is 0.968 bits per heavy atom. The molecule has 2 N–H and O–H groups in total. The quantitative estimate of drug-likeness (QED) is 0.459. The fraction of sp³-hybridized carbons (Fsp3) is 0.231. The van der Waals surface area contributed by atoms with Crippen molar-refractivity contribution in [3.05, 3.63) is 84.1 Å². The van der Waals surface area contributed by atoms with Gasteiger partial charge in [-0.15, -0.1) is 0 Å². The Kier molecular flexibility index (Phi) is 5.50. The van der Waals surface area contributed by atoms with Crippen LogP contribution in [-0.2, 0) is 6.54 Å². The number of nitrogens with zero attached hydrogens (tertiary/aromatic N) is 2. The number of aromatic amines is 1. The van der Waals surface area contributed by atoms with Crippen molar-refractivity contribution < 1.29 is 4.79 Å². The van der Waals surface area contributed by atoms with Gasteiger partial charge in [0, 0.05) is 23.2 Å². The molecule has 0 bridgehead atoms. The Hall–Kier alpha value is -3.44. The van der Waals surface area contributed by atoms with Crippen molar-refractivity contribution in [3.8, 4) is 11.1 Å². The number of nitrogens with one attached hydrogen (secondary N) is 2. The van der Waals surface area contributed by atoms with Gasteiger partial charge in [0.2, 0.25) is 0 Å². The summed E-state index contributed by atoms with van der Waals surface area (Å²) in [5, 5.41) is 11.0. The molecule has 0 atom stereocenters. The number of likely N-dealkylation sites (tertiary alicyclic amines) is 1. The van der Waals surface area contributed by atoms with Crippen molar-refractivity contribution in [1.82, 2.24) is 15.1 Å². The van der Waals surface area contributed by atoms with Crippen molar-refractivity contribution in [1.29, 1.82) is 0 Å². The highest BCUT2D eigenvalue weighted by atomic mass is 16.1. The number of amides is 1. The van der Waals surface area contributed by atoms with Crippen LogP contribution in [0.5, 0.6) is 0 Å². The number of carbonyl (C=O) groups excluding carboxylic acids is 1. The van der Waals surface area contributed by atoms with E-state index in [1.165, 1.54) is 36.0 Å². The molecule has 1 amide bonds. The second kappa shape index (κ2) is 8.74. The van der Waals surface area contributed by atoms with Crippen LogP contribution in [0.15, 0.2) is 72.9 Å². The van der Waals surface area contributed by atoms with E-state index in [1.807, 2.05) is 30.3 Å². The average molecular weight is 411 g/mol. The van der Waals surface area contributed by atoms with Gasteiger partial charge in [0.1, 0.15) is 0 Å². The molecule has 5 rings (SSSR count). The van der Waals surface area contributed by atoms with E-state index in [0.29, 0.717) is 5.56 Å². The minimum absolute atomic E-state index is 0.0950. The normalized spacial score (nSPS) is 14.6. The Labute approximate surface area is 182 Å². The summed E-state index contributed by atoms with van der Waals surface area (Å²) in [5.74, 6) is -0.0950. The molecule has 1 aromatic heterocycles. The van der Waals surface area contributed by atoms with Crippen LogP contribution in [0.2, 0.25) is 0 Å². The molecule has 5 heteroatoms. The molecular weight excluding hydrogens is 384 g/mol. The lowest BCUT2D eigenvalue weighted by Crippen LogP contribution is -2.29. The SMILES string of the molecule is O=C(Nc1ccc2[nH]ncc2c1)c1ccc(-c2ccccc2)c(CN2CCCCC2)c1. The lowest BCUT2D eigenvalue weighted by Gasteiger charge is -2.27. The van der Waals surface area contributed by atoms with Crippen LogP contribution in [0.3, 0.4) is 0 Å². The summed E-state index contributed by atoms with van der Waals surface area (Å²) in [6.45, 7) is 3.11. The molecule has 1 fully saturated rings. The second-order valence-corrected chi connectivity index (χ2v) is 8.20. The van der Waals surface area contributed by atoms with Crippen LogP contribution in [0.1, 0.15) is 35.2 Å². The van der Waals surface area contributed by atoms with E-state index in [4.69, 9.17) is 0 Å². The Bertz CT molecular complexity index is 1190. The number of aromatic nitrogens is 2. The van der Waals surface area contributed by atoms with Crippen LogP contribution in [0.4, 0.5) is 5.69 Å². The zero-order valence-electron chi connectivity index (χ0n) is 17.5. The molecule has 1 saturated heterocycles. The third-order valence-corrected chi connectivity index (χ3v) is 5.99. The van der Waals surface area contributed by atoms with Crippen LogP contribution in [0.25, 0.3) is 22.0 Å². The van der Waals surface area contributed by atoms with Gasteiger partial charge in [0.05, 0.1) is 11.7 Å². The molecule has 1 aliphatic rings. The van der Waals surface area contributed by atoms with Crippen molar-refractivity contribution in [2.45, 2.75) is 25.8 Å². The number of hydrogen-bond acceptors (Lipinski definition) is 3. The predicted octanol–water partition coefficient (Wildman–Crippen LogP) is 5.47. The molecule has 0 saturated carbocycles. The van der Waals surface area contributed by atoms with Gasteiger partial charge in [-0.2, -0.15) is 5.10 Å². The first kappa shape index (κ1) is 19.5. The maximum Gasteiger partial charge on any atom is 0.255 e. The molecule has 0 aliphatic carbocycles. The Balaban J connectivity index is 1.43. The molecule has 31 heavy (non-hydrogen) atoms. The first-order chi connectivity index (χ1) is 15.3. The van der Waals surface area contributed by atoms with Crippen molar-refractivity contribution in [2.24, 2.45) is 0 Å². The van der Waals surface area contributed by atoms with Gasteiger partial charge in [-0.25, -0.2) is 0 Å². The zero-order valence-corrected chi connectivity index (χ0v) is 17.5. The third-order valence-electron chi connectivity index (χ3n) is 5.99. The summed E-state index contributed by atoms with van der Waals surface area (Å²) in [5.41, 5.74) is 5.98. The van der Waals surface area contributed by atoms with E-state index in [1.54, 1.807) is 6.20 Å². The van der Waals surface area contributed by atoms with Gasteiger partial charge in [-0.05, 0) is 73.0 Å². The molecule has 156 valence electrons. The molecule has 0 radical (unpaired) electrons. The number of rotatable bonds is 5. The van der Waals surface area contributed by atoms with Gasteiger partial charge < -0.3 is 5.32 Å². The molecule has 0 spiro atoms. The predicted molar refractivity (Wildman–Crippen MR) is 125 cm³/mol. The highest BCUT2D eigenvalue weighted by Crippen LogP contribution is 2.27. The highest BCUT2D eigenvalue weighted by molar-refractivity contribution is 6.05. The lowest BCUT2D eigenvalue weighted by molar-refractivity contribution is 0.102. The number of carbonyl (C=O) groups is 1. The first-order valence-corrected chi connectivity index (χ1v) is 10.9. The average Bonchev–Trinajstić information content (AvgIpc) is 3.28. The fourth-order valence-electron chi connectivity index (χ4n) is 4.35. The summed E-state index contributed by atoms with van der Waals surface area (Å²) >= 11 is 0. The van der Waals surface area contributed by atoms with Crippen molar-refractivity contribution in [2.75, 3.05) is 18.4 Å². The lowest BCUT2D eigenvalue weighted by atomic mass is 9.96. The number of benzene rings is 3. The highest BCUT2D eigenvalue weighted by Gasteiger charge is 2.16. The van der Waals surface area contributed by atoms with E-state index in [2.05, 4.69) is 56.8 Å². The summed E-state index contributed by atoms with van der Waals surface area (Å²) in [7, 11) is 0. The van der Waals surface area contributed by atoms with Gasteiger partial charge in [-0.3, -0.25) is 14.8 Å². The second-order valence-electron chi connectivity index (χ2n) is 8.20. The van der Waals surface area contributed by atoms with Gasteiger partial charge in [0.25, 0.3) is 5.91 Å². The minimum atomic E-state index is -0.0950. The molecule has 5 nitrogen and oxygen atoms in total. The van der Waals surface area contributed by atoms with Gasteiger partial charge >= 0.3 is 0 Å². The maximum absolute atomic E-state index is 13.0. The molecule has 4 aromatic rings. The Morgan fingerprint density at radius 2 is 1.81 bits per heavy atom. The summed E-state index contributed by atoms with van der Waals surface area (Å²) < 4.78 is 0. The smallest absolute Gasteiger partial charge is 0.255 e. The minimum Gasteiger partial charge on any atom is -0.322 e. The largest absolute Gasteiger partial charge is 0.322 e. The van der Waals surface area contributed by atoms with E-state index >= 15 is 0 Å². The van der Waals surface area contributed by atoms with E-state index in [9.17, 15) is 4.79 Å². The van der Waals surface area contributed by atoms with Crippen molar-refractivity contribution in [3.63, 3.8) is 0 Å². The van der Waals surface area contributed by atoms with Crippen LogP contribution >= 0.6 is 0 Å². The third kappa shape index (κ3) is 4.37. The van der Waals surface area contributed by atoms with E-state index in [0.717, 1.165) is 36.2 Å². The monoisotopic (exact) mass is 410 g/mol. The van der Waals surface area contributed by atoms with Crippen LogP contribution in [0, 0.1) is 0 Å².